The zero-order chi connectivity index (χ0) is 19.9. The van der Waals surface area contributed by atoms with Gasteiger partial charge in [-0.15, -0.1) is 0 Å². The summed E-state index contributed by atoms with van der Waals surface area (Å²) in [6, 6.07) is 10.7. The Morgan fingerprint density at radius 2 is 1.93 bits per heavy atom. The Balaban J connectivity index is 1.77. The van der Waals surface area contributed by atoms with Gasteiger partial charge in [-0.1, -0.05) is 0 Å². The van der Waals surface area contributed by atoms with E-state index in [-0.39, 0.29) is 5.91 Å². The first kappa shape index (κ1) is 18.2. The normalized spacial score (nSPS) is 17.5. The van der Waals surface area contributed by atoms with Crippen LogP contribution in [0.1, 0.15) is 24.8 Å². The lowest BCUT2D eigenvalue weighted by Gasteiger charge is -2.42. The molecule has 2 aliphatic rings. The highest BCUT2D eigenvalue weighted by Gasteiger charge is 2.59. The maximum absolute atomic E-state index is 13.4. The topological polar surface area (TPSA) is 78.7 Å². The molecule has 1 saturated carbocycles. The number of methoxy groups -OCH3 is 2. The predicted molar refractivity (Wildman–Crippen MR) is 108 cm³/mol. The maximum Gasteiger partial charge on any atom is 0.259 e. The van der Waals surface area contributed by atoms with Crippen LogP contribution in [-0.2, 0) is 4.79 Å². The summed E-state index contributed by atoms with van der Waals surface area (Å²) in [4.78, 5) is 21.1. The molecular weight excluding hydrogens is 376 g/mol. The van der Waals surface area contributed by atoms with Gasteiger partial charge >= 0.3 is 0 Å². The Labute approximate surface area is 168 Å². The summed E-state index contributed by atoms with van der Waals surface area (Å²) in [6.45, 7) is 0. The van der Waals surface area contributed by atoms with Gasteiger partial charge in [-0.25, -0.2) is 4.98 Å². The molecule has 1 aromatic carbocycles. The summed E-state index contributed by atoms with van der Waals surface area (Å²) in [5, 5.41) is 9.60. The lowest BCUT2D eigenvalue weighted by molar-refractivity contribution is -0.123. The van der Waals surface area contributed by atoms with E-state index in [4.69, 9.17) is 21.7 Å². The summed E-state index contributed by atoms with van der Waals surface area (Å²) in [5.41, 5.74) is 1.05. The Morgan fingerprint density at radius 3 is 2.46 bits per heavy atom. The number of carbonyl (C=O) groups excluding carboxylic acids is 1. The molecule has 1 aliphatic carbocycles. The van der Waals surface area contributed by atoms with E-state index in [0.29, 0.717) is 28.0 Å². The number of hydrogen-bond acceptors (Lipinski definition) is 6. The molecule has 0 bridgehead atoms. The van der Waals surface area contributed by atoms with E-state index in [1.54, 1.807) is 37.6 Å². The van der Waals surface area contributed by atoms with Crippen molar-refractivity contribution in [2.24, 2.45) is 0 Å². The number of amides is 1. The zero-order valence-electron chi connectivity index (χ0n) is 15.5. The number of ether oxygens (including phenoxy) is 2. The Kier molecular flexibility index (Phi) is 4.40. The van der Waals surface area contributed by atoms with E-state index < -0.39 is 5.54 Å². The SMILES string of the molecule is COc1ccc(N2C(=S)N(c3ccc(C#N)c(OC)c3)C(=O)C23CCC3)cn1. The summed E-state index contributed by atoms with van der Waals surface area (Å²) >= 11 is 5.72. The van der Waals surface area contributed by atoms with Crippen LogP contribution in [0.4, 0.5) is 11.4 Å². The molecule has 1 aromatic heterocycles. The van der Waals surface area contributed by atoms with E-state index in [2.05, 4.69) is 11.1 Å². The molecule has 2 fully saturated rings. The number of pyridine rings is 1. The highest BCUT2D eigenvalue weighted by atomic mass is 32.1. The van der Waals surface area contributed by atoms with Crippen molar-refractivity contribution in [2.75, 3.05) is 24.0 Å². The van der Waals surface area contributed by atoms with E-state index >= 15 is 0 Å². The average molecular weight is 394 g/mol. The molecule has 2 aromatic rings. The second-order valence-electron chi connectivity index (χ2n) is 6.70. The molecule has 4 rings (SSSR count). The standard InChI is InChI=1S/C20H18N4O3S/c1-26-16-10-14(5-4-13(16)11-21)23-18(25)20(8-3-9-20)24(19(23)28)15-6-7-17(27-2)22-12-15/h4-7,10,12H,3,8-9H2,1-2H3. The van der Waals surface area contributed by atoms with Crippen LogP contribution in [0, 0.1) is 11.3 Å². The van der Waals surface area contributed by atoms with Gasteiger partial charge in [0.2, 0.25) is 5.88 Å². The van der Waals surface area contributed by atoms with Gasteiger partial charge in [0.05, 0.1) is 37.4 Å². The molecule has 1 saturated heterocycles. The number of carbonyl (C=O) groups is 1. The minimum atomic E-state index is -0.686. The fourth-order valence-corrected chi connectivity index (χ4v) is 4.21. The largest absolute Gasteiger partial charge is 0.495 e. The van der Waals surface area contributed by atoms with Crippen molar-refractivity contribution in [1.82, 2.24) is 4.98 Å². The molecule has 0 atom stereocenters. The Bertz CT molecular complexity index is 996. The average Bonchev–Trinajstić information content (AvgIpc) is 2.94. The molecule has 1 amide bonds. The van der Waals surface area contributed by atoms with E-state index in [9.17, 15) is 10.1 Å². The van der Waals surface area contributed by atoms with Crippen LogP contribution in [0.15, 0.2) is 36.5 Å². The second-order valence-corrected chi connectivity index (χ2v) is 7.06. The highest BCUT2D eigenvalue weighted by Crippen LogP contribution is 2.48. The summed E-state index contributed by atoms with van der Waals surface area (Å²) in [5.74, 6) is 0.839. The first-order chi connectivity index (χ1) is 13.6. The molecule has 7 nitrogen and oxygen atoms in total. The number of aromatic nitrogens is 1. The molecule has 0 radical (unpaired) electrons. The fourth-order valence-electron chi connectivity index (χ4n) is 3.74. The monoisotopic (exact) mass is 394 g/mol. The molecular formula is C20H18N4O3S. The third-order valence-corrected chi connectivity index (χ3v) is 5.71. The van der Waals surface area contributed by atoms with Crippen molar-refractivity contribution < 1.29 is 14.3 Å². The van der Waals surface area contributed by atoms with Crippen LogP contribution in [-0.4, -0.2) is 35.8 Å². The molecule has 0 unspecified atom stereocenters. The van der Waals surface area contributed by atoms with Crippen LogP contribution >= 0.6 is 12.2 Å². The lowest BCUT2D eigenvalue weighted by atomic mass is 9.75. The van der Waals surface area contributed by atoms with Crippen LogP contribution in [0.2, 0.25) is 0 Å². The third-order valence-electron chi connectivity index (χ3n) is 5.34. The smallest absolute Gasteiger partial charge is 0.259 e. The van der Waals surface area contributed by atoms with Crippen molar-refractivity contribution >= 4 is 34.6 Å². The predicted octanol–water partition coefficient (Wildman–Crippen LogP) is 3.03. The third kappa shape index (κ3) is 2.51. The van der Waals surface area contributed by atoms with Crippen molar-refractivity contribution in [3.63, 3.8) is 0 Å². The Morgan fingerprint density at radius 1 is 1.18 bits per heavy atom. The van der Waals surface area contributed by atoms with E-state index in [1.165, 1.54) is 12.0 Å². The highest BCUT2D eigenvalue weighted by molar-refractivity contribution is 7.81. The van der Waals surface area contributed by atoms with Crippen LogP contribution in [0.5, 0.6) is 11.6 Å². The molecule has 142 valence electrons. The molecule has 28 heavy (non-hydrogen) atoms. The maximum atomic E-state index is 13.4. The van der Waals surface area contributed by atoms with Gasteiger partial charge in [0, 0.05) is 12.1 Å². The van der Waals surface area contributed by atoms with Crippen molar-refractivity contribution in [3.8, 4) is 17.7 Å². The number of nitriles is 1. The summed E-state index contributed by atoms with van der Waals surface area (Å²) < 4.78 is 10.4. The van der Waals surface area contributed by atoms with Crippen LogP contribution in [0.3, 0.4) is 0 Å². The minimum absolute atomic E-state index is 0.0636. The molecule has 2 heterocycles. The Hall–Kier alpha value is -3.18. The quantitative estimate of drug-likeness (QED) is 0.738. The van der Waals surface area contributed by atoms with Crippen LogP contribution < -0.4 is 19.3 Å². The summed E-state index contributed by atoms with van der Waals surface area (Å²) in [6.07, 6.45) is 4.07. The van der Waals surface area contributed by atoms with Gasteiger partial charge < -0.3 is 14.4 Å². The number of hydrogen-bond donors (Lipinski definition) is 0. The second kappa shape index (κ2) is 6.77. The van der Waals surface area contributed by atoms with Gasteiger partial charge in [-0.2, -0.15) is 5.26 Å². The number of anilines is 2. The fraction of sp³-hybridized carbons (Fsp3) is 0.300. The van der Waals surface area contributed by atoms with E-state index in [0.717, 1.165) is 24.9 Å². The summed E-state index contributed by atoms with van der Waals surface area (Å²) in [7, 11) is 3.05. The first-order valence-corrected chi connectivity index (χ1v) is 9.23. The molecule has 8 heteroatoms. The van der Waals surface area contributed by atoms with Gasteiger partial charge in [0.15, 0.2) is 5.11 Å². The number of nitrogens with zero attached hydrogens (tertiary/aromatic N) is 4. The van der Waals surface area contributed by atoms with Gasteiger partial charge in [-0.3, -0.25) is 9.69 Å². The molecule has 1 spiro atoms. The van der Waals surface area contributed by atoms with Gasteiger partial charge in [0.25, 0.3) is 5.91 Å². The lowest BCUT2D eigenvalue weighted by Crippen LogP contribution is -2.55. The van der Waals surface area contributed by atoms with Crippen molar-refractivity contribution in [1.29, 1.82) is 5.26 Å². The van der Waals surface area contributed by atoms with E-state index in [1.807, 2.05) is 11.0 Å². The van der Waals surface area contributed by atoms with Gasteiger partial charge in [0.1, 0.15) is 17.4 Å². The van der Waals surface area contributed by atoms with Crippen molar-refractivity contribution in [2.45, 2.75) is 24.8 Å². The van der Waals surface area contributed by atoms with Crippen molar-refractivity contribution in [3.05, 3.63) is 42.1 Å². The zero-order valence-corrected chi connectivity index (χ0v) is 16.3. The van der Waals surface area contributed by atoms with Crippen LogP contribution in [0.25, 0.3) is 0 Å². The number of thiocarbonyl (C=S) groups is 1. The van der Waals surface area contributed by atoms with Gasteiger partial charge in [-0.05, 0) is 49.7 Å². The first-order valence-electron chi connectivity index (χ1n) is 8.82. The number of rotatable bonds is 4. The minimum Gasteiger partial charge on any atom is -0.495 e. The molecule has 1 aliphatic heterocycles. The number of benzene rings is 1. The molecule has 0 N–H and O–H groups in total.